The first-order valence-electron chi connectivity index (χ1n) is 6.23. The number of halogens is 2. The maximum Gasteiger partial charge on any atom is 0.164 e. The SMILES string of the molecule is CCCC(=O)c1ccn(Cc2ccc(Cl)c(Cl)c2)c1. The van der Waals surface area contributed by atoms with E-state index in [0.717, 1.165) is 17.5 Å². The first-order chi connectivity index (χ1) is 9.10. The van der Waals surface area contributed by atoms with Gasteiger partial charge in [-0.05, 0) is 30.2 Å². The standard InChI is InChI=1S/C15H15Cl2NO/c1-2-3-15(19)12-6-7-18(10-12)9-11-4-5-13(16)14(17)8-11/h4-8,10H,2-3,9H2,1H3. The molecular formula is C15H15Cl2NO. The summed E-state index contributed by atoms with van der Waals surface area (Å²) in [7, 11) is 0. The fourth-order valence-corrected chi connectivity index (χ4v) is 2.24. The van der Waals surface area contributed by atoms with Gasteiger partial charge in [-0.1, -0.05) is 36.2 Å². The quantitative estimate of drug-likeness (QED) is 0.725. The molecule has 0 aliphatic rings. The second-order valence-electron chi connectivity index (χ2n) is 4.49. The minimum absolute atomic E-state index is 0.190. The topological polar surface area (TPSA) is 22.0 Å². The zero-order chi connectivity index (χ0) is 13.8. The number of ketones is 1. The Morgan fingerprint density at radius 3 is 2.68 bits per heavy atom. The molecule has 0 unspecified atom stereocenters. The van der Waals surface area contributed by atoms with E-state index in [0.29, 0.717) is 23.0 Å². The van der Waals surface area contributed by atoms with Crippen molar-refractivity contribution in [3.05, 3.63) is 57.8 Å². The van der Waals surface area contributed by atoms with Gasteiger partial charge >= 0.3 is 0 Å². The molecule has 2 rings (SSSR count). The Balaban J connectivity index is 2.11. The summed E-state index contributed by atoms with van der Waals surface area (Å²) in [5, 5.41) is 1.10. The average molecular weight is 296 g/mol. The summed E-state index contributed by atoms with van der Waals surface area (Å²) in [4.78, 5) is 11.8. The molecule has 0 saturated heterocycles. The predicted molar refractivity (Wildman–Crippen MR) is 79.2 cm³/mol. The van der Waals surface area contributed by atoms with Crippen molar-refractivity contribution in [2.75, 3.05) is 0 Å². The zero-order valence-electron chi connectivity index (χ0n) is 10.7. The largest absolute Gasteiger partial charge is 0.349 e. The molecule has 0 atom stereocenters. The number of aromatic nitrogens is 1. The highest BCUT2D eigenvalue weighted by Gasteiger charge is 2.07. The van der Waals surface area contributed by atoms with E-state index in [1.54, 1.807) is 6.07 Å². The van der Waals surface area contributed by atoms with Gasteiger partial charge in [-0.15, -0.1) is 0 Å². The van der Waals surface area contributed by atoms with Gasteiger partial charge in [0.05, 0.1) is 10.0 Å². The summed E-state index contributed by atoms with van der Waals surface area (Å²) in [5.74, 6) is 0.190. The van der Waals surface area contributed by atoms with E-state index in [1.807, 2.05) is 42.1 Å². The molecule has 2 nitrogen and oxygen atoms in total. The van der Waals surface area contributed by atoms with E-state index in [4.69, 9.17) is 23.2 Å². The normalized spacial score (nSPS) is 10.7. The van der Waals surface area contributed by atoms with Crippen molar-refractivity contribution in [2.24, 2.45) is 0 Å². The summed E-state index contributed by atoms with van der Waals surface area (Å²) in [5.41, 5.74) is 1.82. The molecule has 0 fully saturated rings. The van der Waals surface area contributed by atoms with Gasteiger partial charge in [0.15, 0.2) is 5.78 Å². The third kappa shape index (κ3) is 3.62. The number of carbonyl (C=O) groups excluding carboxylic acids is 1. The van der Waals surface area contributed by atoms with Gasteiger partial charge in [0.25, 0.3) is 0 Å². The molecule has 19 heavy (non-hydrogen) atoms. The van der Waals surface area contributed by atoms with Crippen LogP contribution in [0.5, 0.6) is 0 Å². The minimum Gasteiger partial charge on any atom is -0.349 e. The van der Waals surface area contributed by atoms with Gasteiger partial charge in [0, 0.05) is 30.9 Å². The van der Waals surface area contributed by atoms with E-state index >= 15 is 0 Å². The molecule has 0 N–H and O–H groups in total. The van der Waals surface area contributed by atoms with Crippen LogP contribution in [-0.4, -0.2) is 10.4 Å². The number of hydrogen-bond acceptors (Lipinski definition) is 1. The third-order valence-corrected chi connectivity index (χ3v) is 3.64. The number of rotatable bonds is 5. The maximum atomic E-state index is 11.8. The highest BCUT2D eigenvalue weighted by atomic mass is 35.5. The number of carbonyl (C=O) groups is 1. The molecule has 0 amide bonds. The van der Waals surface area contributed by atoms with Crippen LogP contribution in [0.4, 0.5) is 0 Å². The number of hydrogen-bond donors (Lipinski definition) is 0. The Morgan fingerprint density at radius 2 is 2.00 bits per heavy atom. The van der Waals surface area contributed by atoms with Crippen LogP contribution in [0.2, 0.25) is 10.0 Å². The lowest BCUT2D eigenvalue weighted by molar-refractivity contribution is 0.0981. The van der Waals surface area contributed by atoms with Crippen molar-refractivity contribution >= 4 is 29.0 Å². The van der Waals surface area contributed by atoms with Gasteiger partial charge in [-0.2, -0.15) is 0 Å². The Kier molecular flexibility index (Phi) is 4.67. The summed E-state index contributed by atoms with van der Waals surface area (Å²) in [6, 6.07) is 7.42. The van der Waals surface area contributed by atoms with Gasteiger partial charge < -0.3 is 4.57 Å². The van der Waals surface area contributed by atoms with Crippen LogP contribution in [0.15, 0.2) is 36.7 Å². The predicted octanol–water partition coefficient (Wildman–Crippen LogP) is 4.83. The fourth-order valence-electron chi connectivity index (χ4n) is 1.92. The van der Waals surface area contributed by atoms with Crippen LogP contribution >= 0.6 is 23.2 Å². The molecule has 1 heterocycles. The number of nitrogens with zero attached hydrogens (tertiary/aromatic N) is 1. The zero-order valence-corrected chi connectivity index (χ0v) is 12.2. The van der Waals surface area contributed by atoms with Gasteiger partial charge in [-0.3, -0.25) is 4.79 Å². The highest BCUT2D eigenvalue weighted by Crippen LogP contribution is 2.23. The second-order valence-corrected chi connectivity index (χ2v) is 5.31. The van der Waals surface area contributed by atoms with Crippen molar-refractivity contribution in [2.45, 2.75) is 26.3 Å². The van der Waals surface area contributed by atoms with Crippen molar-refractivity contribution in [1.29, 1.82) is 0 Å². The molecule has 0 aliphatic carbocycles. The molecule has 2 aromatic rings. The highest BCUT2D eigenvalue weighted by molar-refractivity contribution is 6.42. The van der Waals surface area contributed by atoms with E-state index in [2.05, 4.69) is 0 Å². The first kappa shape index (κ1) is 14.2. The summed E-state index contributed by atoms with van der Waals surface area (Å²) in [6.45, 7) is 2.68. The number of Topliss-reactive ketones (excluding diaryl/α,β-unsaturated/α-hetero) is 1. The first-order valence-corrected chi connectivity index (χ1v) is 6.98. The van der Waals surface area contributed by atoms with Gasteiger partial charge in [0.1, 0.15) is 0 Å². The fraction of sp³-hybridized carbons (Fsp3) is 0.267. The minimum atomic E-state index is 0.190. The van der Waals surface area contributed by atoms with Crippen molar-refractivity contribution in [3.8, 4) is 0 Å². The van der Waals surface area contributed by atoms with E-state index < -0.39 is 0 Å². The molecule has 0 bridgehead atoms. The van der Waals surface area contributed by atoms with Crippen LogP contribution in [0, 0.1) is 0 Å². The summed E-state index contributed by atoms with van der Waals surface area (Å²) >= 11 is 11.9. The molecular weight excluding hydrogens is 281 g/mol. The van der Waals surface area contributed by atoms with Crippen LogP contribution < -0.4 is 0 Å². The van der Waals surface area contributed by atoms with Crippen molar-refractivity contribution < 1.29 is 4.79 Å². The second kappa shape index (κ2) is 6.27. The smallest absolute Gasteiger partial charge is 0.164 e. The van der Waals surface area contributed by atoms with Crippen LogP contribution in [0.3, 0.4) is 0 Å². The Hall–Kier alpha value is -1.25. The molecule has 0 saturated carbocycles. The van der Waals surface area contributed by atoms with E-state index in [1.165, 1.54) is 0 Å². The van der Waals surface area contributed by atoms with Gasteiger partial charge in [0.2, 0.25) is 0 Å². The Bertz CT molecular complexity index is 590. The molecule has 1 aromatic carbocycles. The molecule has 0 spiro atoms. The van der Waals surface area contributed by atoms with Crippen molar-refractivity contribution in [3.63, 3.8) is 0 Å². The molecule has 0 aliphatic heterocycles. The Morgan fingerprint density at radius 1 is 1.21 bits per heavy atom. The lowest BCUT2D eigenvalue weighted by atomic mass is 10.1. The van der Waals surface area contributed by atoms with E-state index in [9.17, 15) is 4.79 Å². The third-order valence-electron chi connectivity index (χ3n) is 2.90. The average Bonchev–Trinajstić information content (AvgIpc) is 2.83. The van der Waals surface area contributed by atoms with Crippen molar-refractivity contribution in [1.82, 2.24) is 4.57 Å². The molecule has 100 valence electrons. The lowest BCUT2D eigenvalue weighted by Crippen LogP contribution is -1.99. The monoisotopic (exact) mass is 295 g/mol. The number of benzene rings is 1. The molecule has 0 radical (unpaired) electrons. The van der Waals surface area contributed by atoms with E-state index in [-0.39, 0.29) is 5.78 Å². The van der Waals surface area contributed by atoms with Gasteiger partial charge in [-0.25, -0.2) is 0 Å². The summed E-state index contributed by atoms with van der Waals surface area (Å²) in [6.07, 6.45) is 5.25. The maximum absolute atomic E-state index is 11.8. The summed E-state index contributed by atoms with van der Waals surface area (Å²) < 4.78 is 1.97. The van der Waals surface area contributed by atoms with Crippen LogP contribution in [0.25, 0.3) is 0 Å². The molecule has 1 aromatic heterocycles. The van der Waals surface area contributed by atoms with Crippen LogP contribution in [-0.2, 0) is 6.54 Å². The Labute approximate surface area is 123 Å². The lowest BCUT2D eigenvalue weighted by Gasteiger charge is -2.04. The van der Waals surface area contributed by atoms with Crippen LogP contribution in [0.1, 0.15) is 35.7 Å². The molecule has 4 heteroatoms.